The van der Waals surface area contributed by atoms with Gasteiger partial charge in [0.15, 0.2) is 0 Å². The van der Waals surface area contributed by atoms with Crippen molar-refractivity contribution in [1.29, 1.82) is 0 Å². The third-order valence-electron chi connectivity index (χ3n) is 1.79. The molecule has 0 aliphatic carbocycles. The Bertz CT molecular complexity index is 126. The molecule has 4 N–H and O–H groups in total. The number of hydrogen-bond donors (Lipinski definition) is 4. The van der Waals surface area contributed by atoms with Crippen LogP contribution in [0, 0.1) is 0 Å². The first kappa shape index (κ1) is 8.89. The van der Waals surface area contributed by atoms with Gasteiger partial charge in [0.25, 0.3) is 0 Å². The summed E-state index contributed by atoms with van der Waals surface area (Å²) in [5.41, 5.74) is 0. The van der Waals surface area contributed by atoms with Crippen molar-refractivity contribution in [2.75, 3.05) is 13.2 Å². The van der Waals surface area contributed by atoms with E-state index in [4.69, 9.17) is 25.2 Å². The first-order valence-electron chi connectivity index (χ1n) is 3.43. The van der Waals surface area contributed by atoms with Gasteiger partial charge in [0.1, 0.15) is 24.4 Å². The minimum atomic E-state index is -1.22. The van der Waals surface area contributed by atoms with Crippen LogP contribution >= 0.6 is 0 Å². The Labute approximate surface area is 63.8 Å². The van der Waals surface area contributed by atoms with Gasteiger partial charge in [-0.25, -0.2) is 0 Å². The standard InChI is InChI=1S/C6H12O5/c7-1-4-6(10)5(9)3(8)2-11-4/h3-10H,1-2H2/t3?,4-,5-,6+/m1/s1. The molecular formula is C6H12O5. The van der Waals surface area contributed by atoms with Crippen molar-refractivity contribution in [2.45, 2.75) is 24.4 Å². The average Bonchev–Trinajstić information content (AvgIpc) is 2.01. The van der Waals surface area contributed by atoms with Crippen molar-refractivity contribution in [1.82, 2.24) is 0 Å². The van der Waals surface area contributed by atoms with E-state index in [1.807, 2.05) is 0 Å². The lowest BCUT2D eigenvalue weighted by Crippen LogP contribution is -2.53. The average molecular weight is 164 g/mol. The molecule has 1 unspecified atom stereocenters. The van der Waals surface area contributed by atoms with Crippen LogP contribution in [0.2, 0.25) is 0 Å². The van der Waals surface area contributed by atoms with Crippen molar-refractivity contribution >= 4 is 0 Å². The summed E-state index contributed by atoms with van der Waals surface area (Å²) >= 11 is 0. The predicted molar refractivity (Wildman–Crippen MR) is 34.8 cm³/mol. The lowest BCUT2D eigenvalue weighted by atomic mass is 10.0. The van der Waals surface area contributed by atoms with Crippen LogP contribution in [-0.4, -0.2) is 58.1 Å². The third-order valence-corrected chi connectivity index (χ3v) is 1.79. The van der Waals surface area contributed by atoms with Gasteiger partial charge in [-0.1, -0.05) is 0 Å². The molecule has 11 heavy (non-hydrogen) atoms. The molecule has 0 radical (unpaired) electrons. The van der Waals surface area contributed by atoms with E-state index in [9.17, 15) is 0 Å². The van der Waals surface area contributed by atoms with Gasteiger partial charge in [-0.3, -0.25) is 0 Å². The fraction of sp³-hybridized carbons (Fsp3) is 1.00. The zero-order chi connectivity index (χ0) is 8.43. The summed E-state index contributed by atoms with van der Waals surface area (Å²) in [7, 11) is 0. The maximum Gasteiger partial charge on any atom is 0.111 e. The number of ether oxygens (including phenoxy) is 1. The molecule has 0 aromatic heterocycles. The predicted octanol–water partition coefficient (Wildman–Crippen LogP) is -2.54. The molecular weight excluding hydrogens is 152 g/mol. The van der Waals surface area contributed by atoms with Crippen molar-refractivity contribution in [3.05, 3.63) is 0 Å². The van der Waals surface area contributed by atoms with Gasteiger partial charge >= 0.3 is 0 Å². The molecule has 0 aromatic carbocycles. The monoisotopic (exact) mass is 164 g/mol. The quantitative estimate of drug-likeness (QED) is 0.343. The van der Waals surface area contributed by atoms with E-state index in [1.165, 1.54) is 0 Å². The van der Waals surface area contributed by atoms with Gasteiger partial charge in [0.05, 0.1) is 13.2 Å². The summed E-state index contributed by atoms with van der Waals surface area (Å²) in [5.74, 6) is 0. The van der Waals surface area contributed by atoms with Crippen LogP contribution in [0.3, 0.4) is 0 Å². The molecule has 0 aromatic rings. The third kappa shape index (κ3) is 1.69. The number of rotatable bonds is 1. The second kappa shape index (κ2) is 3.46. The summed E-state index contributed by atoms with van der Waals surface area (Å²) in [4.78, 5) is 0. The van der Waals surface area contributed by atoms with Crippen LogP contribution < -0.4 is 0 Å². The zero-order valence-electron chi connectivity index (χ0n) is 5.92. The SMILES string of the molecule is OC[C@H]1OCC(O)[C@@H](O)[C@H]1O. The van der Waals surface area contributed by atoms with E-state index < -0.39 is 24.4 Å². The van der Waals surface area contributed by atoms with Gasteiger partial charge in [-0.15, -0.1) is 0 Å². The highest BCUT2D eigenvalue weighted by molar-refractivity contribution is 4.85. The molecule has 1 heterocycles. The van der Waals surface area contributed by atoms with Crippen LogP contribution in [0.5, 0.6) is 0 Å². The number of hydrogen-bond acceptors (Lipinski definition) is 5. The molecule has 66 valence electrons. The summed E-state index contributed by atoms with van der Waals surface area (Å²) in [6.45, 7) is -0.408. The molecule has 4 atom stereocenters. The van der Waals surface area contributed by atoms with E-state index in [0.29, 0.717) is 0 Å². The lowest BCUT2D eigenvalue weighted by molar-refractivity contribution is -0.195. The Morgan fingerprint density at radius 2 is 1.82 bits per heavy atom. The highest BCUT2D eigenvalue weighted by Gasteiger charge is 2.36. The summed E-state index contributed by atoms with van der Waals surface area (Å²) in [6, 6.07) is 0. The Morgan fingerprint density at radius 3 is 2.36 bits per heavy atom. The normalized spacial score (nSPS) is 45.8. The summed E-state index contributed by atoms with van der Waals surface area (Å²) < 4.78 is 4.81. The van der Waals surface area contributed by atoms with E-state index in [-0.39, 0.29) is 13.2 Å². The van der Waals surface area contributed by atoms with Crippen molar-refractivity contribution in [3.63, 3.8) is 0 Å². The van der Waals surface area contributed by atoms with Gasteiger partial charge in [-0.2, -0.15) is 0 Å². The fourth-order valence-electron chi connectivity index (χ4n) is 1.03. The van der Waals surface area contributed by atoms with Crippen LogP contribution in [0.25, 0.3) is 0 Å². The maximum absolute atomic E-state index is 9.11. The molecule has 1 fully saturated rings. The minimum Gasteiger partial charge on any atom is -0.394 e. The van der Waals surface area contributed by atoms with E-state index in [1.54, 1.807) is 0 Å². The minimum absolute atomic E-state index is 0.0521. The fourth-order valence-corrected chi connectivity index (χ4v) is 1.03. The summed E-state index contributed by atoms with van der Waals surface area (Å²) in [5, 5.41) is 35.7. The molecule has 0 bridgehead atoms. The van der Waals surface area contributed by atoms with E-state index in [2.05, 4.69) is 0 Å². The van der Waals surface area contributed by atoms with Crippen LogP contribution in [0.1, 0.15) is 0 Å². The molecule has 1 aliphatic heterocycles. The second-order valence-electron chi connectivity index (χ2n) is 2.60. The Kier molecular flexibility index (Phi) is 2.80. The molecule has 1 saturated heterocycles. The number of aliphatic hydroxyl groups excluding tert-OH is 4. The van der Waals surface area contributed by atoms with E-state index >= 15 is 0 Å². The van der Waals surface area contributed by atoms with Gasteiger partial charge in [0.2, 0.25) is 0 Å². The van der Waals surface area contributed by atoms with Crippen molar-refractivity contribution in [2.24, 2.45) is 0 Å². The largest absolute Gasteiger partial charge is 0.394 e. The van der Waals surface area contributed by atoms with E-state index in [0.717, 1.165) is 0 Å². The molecule has 1 rings (SSSR count). The molecule has 1 aliphatic rings. The first-order chi connectivity index (χ1) is 5.16. The Balaban J connectivity index is 2.52. The van der Waals surface area contributed by atoms with Gasteiger partial charge in [0, 0.05) is 0 Å². The second-order valence-corrected chi connectivity index (χ2v) is 2.60. The number of aliphatic hydroxyl groups is 4. The first-order valence-corrected chi connectivity index (χ1v) is 3.43. The molecule has 0 saturated carbocycles. The van der Waals surface area contributed by atoms with Crippen LogP contribution in [0.4, 0.5) is 0 Å². The molecule has 0 spiro atoms. The maximum atomic E-state index is 9.11. The Hall–Kier alpha value is -0.200. The van der Waals surface area contributed by atoms with Crippen molar-refractivity contribution in [3.8, 4) is 0 Å². The highest BCUT2D eigenvalue weighted by Crippen LogP contribution is 2.14. The molecule has 5 nitrogen and oxygen atoms in total. The molecule has 5 heteroatoms. The van der Waals surface area contributed by atoms with Gasteiger partial charge < -0.3 is 25.2 Å². The molecule has 0 amide bonds. The summed E-state index contributed by atoms with van der Waals surface area (Å²) in [6.07, 6.45) is -4.27. The van der Waals surface area contributed by atoms with Crippen molar-refractivity contribution < 1.29 is 25.2 Å². The topological polar surface area (TPSA) is 90.2 Å². The Morgan fingerprint density at radius 1 is 1.18 bits per heavy atom. The van der Waals surface area contributed by atoms with Gasteiger partial charge in [-0.05, 0) is 0 Å². The lowest BCUT2D eigenvalue weighted by Gasteiger charge is -2.34. The van der Waals surface area contributed by atoms with Crippen LogP contribution in [-0.2, 0) is 4.74 Å². The zero-order valence-corrected chi connectivity index (χ0v) is 5.92. The van der Waals surface area contributed by atoms with Crippen LogP contribution in [0.15, 0.2) is 0 Å². The smallest absolute Gasteiger partial charge is 0.111 e. The highest BCUT2D eigenvalue weighted by atomic mass is 16.5.